The predicted molar refractivity (Wildman–Crippen MR) is 86.0 cm³/mol. The number of fused-ring (bicyclic) bond motifs is 1. The Balaban J connectivity index is 1.68. The first-order valence-electron chi connectivity index (χ1n) is 7.59. The minimum atomic E-state index is -4.97. The van der Waals surface area contributed by atoms with Crippen LogP contribution >= 0.6 is 0 Å². The third-order valence-electron chi connectivity index (χ3n) is 3.86. The maximum absolute atomic E-state index is 13.4. The van der Waals surface area contributed by atoms with E-state index in [9.17, 15) is 23.1 Å². The first-order valence-corrected chi connectivity index (χ1v) is 7.59. The highest BCUT2D eigenvalue weighted by molar-refractivity contribution is 5.89. The Morgan fingerprint density at radius 3 is 2.46 bits per heavy atom. The van der Waals surface area contributed by atoms with Crippen molar-refractivity contribution < 1.29 is 32.5 Å². The van der Waals surface area contributed by atoms with Crippen molar-refractivity contribution >= 4 is 11.7 Å². The van der Waals surface area contributed by atoms with E-state index in [1.807, 2.05) is 0 Å². The lowest BCUT2D eigenvalue weighted by Gasteiger charge is -2.31. The van der Waals surface area contributed by atoms with E-state index in [1.54, 1.807) is 6.07 Å². The highest BCUT2D eigenvalue weighted by atomic mass is 19.4. The van der Waals surface area contributed by atoms with E-state index in [0.29, 0.717) is 17.2 Å². The van der Waals surface area contributed by atoms with Gasteiger partial charge in [-0.05, 0) is 17.7 Å². The van der Waals surface area contributed by atoms with Crippen LogP contribution < -0.4 is 20.1 Å². The van der Waals surface area contributed by atoms with Crippen molar-refractivity contribution in [3.63, 3.8) is 0 Å². The first-order chi connectivity index (χ1) is 12.3. The van der Waals surface area contributed by atoms with Gasteiger partial charge >= 0.3 is 12.2 Å². The number of benzene rings is 2. The standard InChI is InChI=1S/C17H15F3N2O4/c18-17(19,20)16(24,11-4-2-1-3-5-11)9-21-15(23)22-12-6-7-13-14(8-12)26-10-25-13/h1-8,24H,9-10H2,(H2,21,22,23). The zero-order valence-corrected chi connectivity index (χ0v) is 13.3. The van der Waals surface area contributed by atoms with Crippen LogP contribution in [0.1, 0.15) is 5.56 Å². The molecule has 2 aromatic rings. The van der Waals surface area contributed by atoms with Crippen LogP contribution in [0.5, 0.6) is 11.5 Å². The Hall–Kier alpha value is -2.94. The summed E-state index contributed by atoms with van der Waals surface area (Å²) >= 11 is 0. The third-order valence-corrected chi connectivity index (χ3v) is 3.86. The van der Waals surface area contributed by atoms with Crippen molar-refractivity contribution in [1.29, 1.82) is 0 Å². The molecule has 1 heterocycles. The average Bonchev–Trinajstić information content (AvgIpc) is 3.07. The van der Waals surface area contributed by atoms with Crippen LogP contribution in [0.15, 0.2) is 48.5 Å². The van der Waals surface area contributed by atoms with Crippen molar-refractivity contribution in [3.05, 3.63) is 54.1 Å². The fourth-order valence-corrected chi connectivity index (χ4v) is 2.44. The van der Waals surface area contributed by atoms with E-state index < -0.39 is 24.4 Å². The molecule has 0 aliphatic carbocycles. The quantitative estimate of drug-likeness (QED) is 0.775. The molecule has 0 spiro atoms. The number of alkyl halides is 3. The minimum Gasteiger partial charge on any atom is -0.454 e. The molecule has 1 unspecified atom stereocenters. The van der Waals surface area contributed by atoms with E-state index in [4.69, 9.17) is 9.47 Å². The summed E-state index contributed by atoms with van der Waals surface area (Å²) in [7, 11) is 0. The van der Waals surface area contributed by atoms with Crippen LogP contribution in [0, 0.1) is 0 Å². The number of ether oxygens (including phenoxy) is 2. The second-order valence-electron chi connectivity index (χ2n) is 5.60. The van der Waals surface area contributed by atoms with Crippen molar-refractivity contribution in [2.45, 2.75) is 11.8 Å². The number of aliphatic hydroxyl groups is 1. The Morgan fingerprint density at radius 1 is 1.08 bits per heavy atom. The fraction of sp³-hybridized carbons (Fsp3) is 0.235. The van der Waals surface area contributed by atoms with Gasteiger partial charge in [0, 0.05) is 11.8 Å². The molecule has 0 aromatic heterocycles. The normalized spacial score (nSPS) is 15.2. The van der Waals surface area contributed by atoms with Crippen molar-refractivity contribution in [1.82, 2.24) is 5.32 Å². The zero-order valence-electron chi connectivity index (χ0n) is 13.3. The predicted octanol–water partition coefficient (Wildman–Crippen LogP) is 2.99. The van der Waals surface area contributed by atoms with Crippen molar-refractivity contribution in [2.24, 2.45) is 0 Å². The molecule has 0 bridgehead atoms. The van der Waals surface area contributed by atoms with Crippen LogP contribution in [0.3, 0.4) is 0 Å². The SMILES string of the molecule is O=C(NCC(O)(c1ccccc1)C(F)(F)F)Nc1ccc2c(c1)OCO2. The van der Waals surface area contributed by atoms with Gasteiger partial charge in [-0.15, -0.1) is 0 Å². The van der Waals surface area contributed by atoms with Crippen LogP contribution in [-0.4, -0.2) is 30.7 Å². The Labute approximate surface area is 146 Å². The third kappa shape index (κ3) is 3.52. The smallest absolute Gasteiger partial charge is 0.423 e. The molecule has 2 amide bonds. The second kappa shape index (κ2) is 6.75. The molecule has 0 saturated heterocycles. The zero-order chi connectivity index (χ0) is 18.8. The summed E-state index contributed by atoms with van der Waals surface area (Å²) in [5.74, 6) is 0.922. The lowest BCUT2D eigenvalue weighted by atomic mass is 9.93. The first kappa shape index (κ1) is 17.9. The highest BCUT2D eigenvalue weighted by Gasteiger charge is 2.55. The molecule has 1 atom stereocenters. The van der Waals surface area contributed by atoms with E-state index in [-0.39, 0.29) is 12.4 Å². The van der Waals surface area contributed by atoms with Gasteiger partial charge < -0.3 is 25.2 Å². The van der Waals surface area contributed by atoms with Gasteiger partial charge in [-0.2, -0.15) is 13.2 Å². The van der Waals surface area contributed by atoms with E-state index in [1.165, 1.54) is 30.3 Å². The molecule has 138 valence electrons. The molecule has 2 aromatic carbocycles. The molecule has 3 N–H and O–H groups in total. The van der Waals surface area contributed by atoms with Crippen molar-refractivity contribution in [2.75, 3.05) is 18.7 Å². The summed E-state index contributed by atoms with van der Waals surface area (Å²) in [4.78, 5) is 11.9. The molecule has 26 heavy (non-hydrogen) atoms. The summed E-state index contributed by atoms with van der Waals surface area (Å²) < 4.78 is 50.4. The van der Waals surface area contributed by atoms with Gasteiger partial charge in [0.2, 0.25) is 12.4 Å². The summed E-state index contributed by atoms with van der Waals surface area (Å²) in [6, 6.07) is 10.2. The van der Waals surface area contributed by atoms with E-state index >= 15 is 0 Å². The topological polar surface area (TPSA) is 79.8 Å². The van der Waals surface area contributed by atoms with Gasteiger partial charge in [-0.3, -0.25) is 0 Å². The van der Waals surface area contributed by atoms with Gasteiger partial charge in [0.05, 0.1) is 6.54 Å². The number of hydrogen-bond donors (Lipinski definition) is 3. The lowest BCUT2D eigenvalue weighted by Crippen LogP contribution is -2.51. The molecule has 1 aliphatic rings. The monoisotopic (exact) mass is 368 g/mol. The largest absolute Gasteiger partial charge is 0.454 e. The Morgan fingerprint density at radius 2 is 1.77 bits per heavy atom. The lowest BCUT2D eigenvalue weighted by molar-refractivity contribution is -0.263. The van der Waals surface area contributed by atoms with Crippen LogP contribution in [0.25, 0.3) is 0 Å². The van der Waals surface area contributed by atoms with Crippen LogP contribution in [-0.2, 0) is 5.60 Å². The van der Waals surface area contributed by atoms with Gasteiger partial charge in [0.15, 0.2) is 11.5 Å². The number of urea groups is 1. The molecule has 0 radical (unpaired) electrons. The Kier molecular flexibility index (Phi) is 4.64. The summed E-state index contributed by atoms with van der Waals surface area (Å²) in [6.45, 7) is -0.989. The molecular weight excluding hydrogens is 353 g/mol. The molecule has 1 aliphatic heterocycles. The number of halogens is 3. The maximum Gasteiger partial charge on any atom is 0.423 e. The molecule has 9 heteroatoms. The molecular formula is C17H15F3N2O4. The summed E-state index contributed by atoms with van der Waals surface area (Å²) in [5.41, 5.74) is -3.27. The average molecular weight is 368 g/mol. The van der Waals surface area contributed by atoms with Crippen LogP contribution in [0.2, 0.25) is 0 Å². The molecule has 0 fully saturated rings. The van der Waals surface area contributed by atoms with Gasteiger partial charge in [0.1, 0.15) is 0 Å². The maximum atomic E-state index is 13.4. The molecule has 0 saturated carbocycles. The number of amides is 2. The van der Waals surface area contributed by atoms with E-state index in [2.05, 4.69) is 10.6 Å². The number of carbonyl (C=O) groups is 1. The number of anilines is 1. The fourth-order valence-electron chi connectivity index (χ4n) is 2.44. The van der Waals surface area contributed by atoms with Gasteiger partial charge in [0.25, 0.3) is 0 Å². The molecule has 3 rings (SSSR count). The summed E-state index contributed by atoms with van der Waals surface area (Å²) in [5, 5.41) is 14.6. The summed E-state index contributed by atoms with van der Waals surface area (Å²) in [6.07, 6.45) is -4.97. The number of nitrogens with one attached hydrogen (secondary N) is 2. The van der Waals surface area contributed by atoms with Crippen LogP contribution in [0.4, 0.5) is 23.7 Å². The number of carbonyl (C=O) groups excluding carboxylic acids is 1. The van der Waals surface area contributed by atoms with Crippen molar-refractivity contribution in [3.8, 4) is 11.5 Å². The number of rotatable bonds is 4. The van der Waals surface area contributed by atoms with Gasteiger partial charge in [-0.25, -0.2) is 4.79 Å². The molecule has 6 nitrogen and oxygen atoms in total. The van der Waals surface area contributed by atoms with Gasteiger partial charge in [-0.1, -0.05) is 30.3 Å². The number of hydrogen-bond acceptors (Lipinski definition) is 4. The second-order valence-corrected chi connectivity index (χ2v) is 5.60. The van der Waals surface area contributed by atoms with E-state index in [0.717, 1.165) is 12.1 Å². The highest BCUT2D eigenvalue weighted by Crippen LogP contribution is 2.38. The Bertz CT molecular complexity index is 798. The minimum absolute atomic E-state index is 0.0562.